The molecule has 0 heterocycles. The third-order valence-electron chi connectivity index (χ3n) is 2.08. The van der Waals surface area contributed by atoms with E-state index in [9.17, 15) is 8.42 Å². The molecule has 0 spiro atoms. The van der Waals surface area contributed by atoms with Crippen LogP contribution >= 0.6 is 0 Å². The number of nitrogens with two attached hydrogens (primary N) is 1. The van der Waals surface area contributed by atoms with Crippen LogP contribution in [-0.4, -0.2) is 21.5 Å². The van der Waals surface area contributed by atoms with Crippen molar-refractivity contribution in [2.45, 2.75) is 11.8 Å². The highest BCUT2D eigenvalue weighted by Crippen LogP contribution is 2.07. The van der Waals surface area contributed by atoms with E-state index in [1.54, 1.807) is 30.3 Å². The molecule has 0 saturated carbocycles. The maximum absolute atomic E-state index is 11.7. The highest BCUT2D eigenvalue weighted by Gasteiger charge is 2.13. The first-order valence-electron chi connectivity index (χ1n) is 4.81. The number of sulfonamides is 1. The van der Waals surface area contributed by atoms with Crippen molar-refractivity contribution in [2.24, 2.45) is 11.7 Å². The van der Waals surface area contributed by atoms with Crippen molar-refractivity contribution in [3.8, 4) is 0 Å². The van der Waals surface area contributed by atoms with Gasteiger partial charge in [0.2, 0.25) is 10.0 Å². The van der Waals surface area contributed by atoms with Gasteiger partial charge in [0.1, 0.15) is 0 Å². The second-order valence-corrected chi connectivity index (χ2v) is 5.27. The van der Waals surface area contributed by atoms with Crippen molar-refractivity contribution in [2.75, 3.05) is 13.1 Å². The SMILES string of the molecule is CC(CN)CNS(=O)(=O)c1ccccc1. The zero-order chi connectivity index (χ0) is 11.3. The summed E-state index contributed by atoms with van der Waals surface area (Å²) in [6.45, 7) is 2.73. The molecule has 0 saturated heterocycles. The van der Waals surface area contributed by atoms with Crippen LogP contribution in [-0.2, 0) is 10.0 Å². The van der Waals surface area contributed by atoms with Gasteiger partial charge < -0.3 is 5.73 Å². The zero-order valence-corrected chi connectivity index (χ0v) is 9.50. The Morgan fingerprint density at radius 2 is 1.93 bits per heavy atom. The summed E-state index contributed by atoms with van der Waals surface area (Å²) < 4.78 is 25.9. The summed E-state index contributed by atoms with van der Waals surface area (Å²) in [5.41, 5.74) is 5.41. The first-order valence-corrected chi connectivity index (χ1v) is 6.29. The molecule has 0 bridgehead atoms. The number of benzene rings is 1. The van der Waals surface area contributed by atoms with E-state index >= 15 is 0 Å². The van der Waals surface area contributed by atoms with Gasteiger partial charge in [-0.15, -0.1) is 0 Å². The lowest BCUT2D eigenvalue weighted by molar-refractivity contribution is 0.545. The lowest BCUT2D eigenvalue weighted by Gasteiger charge is -2.10. The molecule has 0 fully saturated rings. The summed E-state index contributed by atoms with van der Waals surface area (Å²) in [6.07, 6.45) is 0. The van der Waals surface area contributed by atoms with Crippen molar-refractivity contribution >= 4 is 10.0 Å². The quantitative estimate of drug-likeness (QED) is 0.773. The molecule has 5 heteroatoms. The maximum atomic E-state index is 11.7. The fourth-order valence-electron chi connectivity index (χ4n) is 1.02. The molecule has 0 amide bonds. The summed E-state index contributed by atoms with van der Waals surface area (Å²) in [5.74, 6) is 0.142. The lowest BCUT2D eigenvalue weighted by Crippen LogP contribution is -2.31. The fraction of sp³-hybridized carbons (Fsp3) is 0.400. The lowest BCUT2D eigenvalue weighted by atomic mass is 10.2. The molecule has 0 aromatic heterocycles. The Morgan fingerprint density at radius 1 is 1.33 bits per heavy atom. The van der Waals surface area contributed by atoms with E-state index in [0.717, 1.165) is 0 Å². The minimum Gasteiger partial charge on any atom is -0.330 e. The molecule has 1 rings (SSSR count). The van der Waals surface area contributed by atoms with Crippen LogP contribution in [0.3, 0.4) is 0 Å². The monoisotopic (exact) mass is 228 g/mol. The third kappa shape index (κ3) is 3.62. The molecule has 0 radical (unpaired) electrons. The van der Waals surface area contributed by atoms with Gasteiger partial charge in [-0.1, -0.05) is 25.1 Å². The molecule has 4 nitrogen and oxygen atoms in total. The van der Waals surface area contributed by atoms with Gasteiger partial charge in [-0.2, -0.15) is 0 Å². The topological polar surface area (TPSA) is 72.2 Å². The Kier molecular flexibility index (Phi) is 4.26. The van der Waals surface area contributed by atoms with E-state index in [2.05, 4.69) is 4.72 Å². The van der Waals surface area contributed by atoms with Gasteiger partial charge in [-0.3, -0.25) is 0 Å². The zero-order valence-electron chi connectivity index (χ0n) is 8.68. The van der Waals surface area contributed by atoms with Crippen LogP contribution < -0.4 is 10.5 Å². The molecule has 0 aliphatic carbocycles. The van der Waals surface area contributed by atoms with Crippen LogP contribution in [0.5, 0.6) is 0 Å². The van der Waals surface area contributed by atoms with Gasteiger partial charge in [0.05, 0.1) is 4.90 Å². The van der Waals surface area contributed by atoms with Crippen molar-refractivity contribution < 1.29 is 8.42 Å². The number of hydrogen-bond donors (Lipinski definition) is 2. The standard InChI is InChI=1S/C10H16N2O2S/c1-9(7-11)8-12-15(13,14)10-5-3-2-4-6-10/h2-6,9,12H,7-8,11H2,1H3. The number of rotatable bonds is 5. The molecule has 3 N–H and O–H groups in total. The molecular weight excluding hydrogens is 212 g/mol. The van der Waals surface area contributed by atoms with Crippen LogP contribution in [0.4, 0.5) is 0 Å². The Morgan fingerprint density at radius 3 is 2.47 bits per heavy atom. The minimum atomic E-state index is -3.37. The second kappa shape index (κ2) is 5.25. The van der Waals surface area contributed by atoms with Crippen LogP contribution in [0.25, 0.3) is 0 Å². The maximum Gasteiger partial charge on any atom is 0.240 e. The predicted molar refractivity (Wildman–Crippen MR) is 59.8 cm³/mol. The molecule has 0 aliphatic rings. The van der Waals surface area contributed by atoms with E-state index in [1.165, 1.54) is 0 Å². The average molecular weight is 228 g/mol. The van der Waals surface area contributed by atoms with Crippen LogP contribution in [0.2, 0.25) is 0 Å². The van der Waals surface area contributed by atoms with Gasteiger partial charge in [-0.25, -0.2) is 13.1 Å². The van der Waals surface area contributed by atoms with E-state index in [4.69, 9.17) is 5.73 Å². The molecule has 0 aliphatic heterocycles. The predicted octanol–water partition coefficient (Wildman–Crippen LogP) is 0.560. The van der Waals surface area contributed by atoms with Gasteiger partial charge >= 0.3 is 0 Å². The van der Waals surface area contributed by atoms with E-state index in [1.807, 2.05) is 6.92 Å². The normalized spacial score (nSPS) is 13.7. The second-order valence-electron chi connectivity index (χ2n) is 3.51. The van der Waals surface area contributed by atoms with E-state index < -0.39 is 10.0 Å². The van der Waals surface area contributed by atoms with Crippen molar-refractivity contribution in [3.63, 3.8) is 0 Å². The molecule has 15 heavy (non-hydrogen) atoms. The van der Waals surface area contributed by atoms with Crippen LogP contribution in [0, 0.1) is 5.92 Å². The molecule has 1 atom stereocenters. The number of hydrogen-bond acceptors (Lipinski definition) is 3. The van der Waals surface area contributed by atoms with Crippen molar-refractivity contribution in [1.82, 2.24) is 4.72 Å². The Hall–Kier alpha value is -0.910. The van der Waals surface area contributed by atoms with Crippen LogP contribution in [0.15, 0.2) is 35.2 Å². The smallest absolute Gasteiger partial charge is 0.240 e. The van der Waals surface area contributed by atoms with Crippen molar-refractivity contribution in [3.05, 3.63) is 30.3 Å². The first-order chi connectivity index (χ1) is 7.06. The van der Waals surface area contributed by atoms with E-state index in [-0.39, 0.29) is 10.8 Å². The van der Waals surface area contributed by atoms with Crippen LogP contribution in [0.1, 0.15) is 6.92 Å². The summed E-state index contributed by atoms with van der Waals surface area (Å²) in [5, 5.41) is 0. The molecule has 1 aromatic carbocycles. The third-order valence-corrected chi connectivity index (χ3v) is 3.52. The average Bonchev–Trinajstić information content (AvgIpc) is 2.27. The largest absolute Gasteiger partial charge is 0.330 e. The molecule has 1 unspecified atom stereocenters. The first kappa shape index (κ1) is 12.2. The highest BCUT2D eigenvalue weighted by molar-refractivity contribution is 7.89. The Bertz CT molecular complexity index is 389. The summed E-state index contributed by atoms with van der Waals surface area (Å²) in [4.78, 5) is 0.286. The van der Waals surface area contributed by atoms with Gasteiger partial charge in [-0.05, 0) is 24.6 Å². The van der Waals surface area contributed by atoms with Gasteiger partial charge in [0.25, 0.3) is 0 Å². The molecule has 1 aromatic rings. The number of nitrogens with one attached hydrogen (secondary N) is 1. The van der Waals surface area contributed by atoms with Gasteiger partial charge in [0, 0.05) is 6.54 Å². The highest BCUT2D eigenvalue weighted by atomic mass is 32.2. The molecular formula is C10H16N2O2S. The molecule has 84 valence electrons. The summed E-state index contributed by atoms with van der Waals surface area (Å²) in [6, 6.07) is 8.30. The van der Waals surface area contributed by atoms with Crippen molar-refractivity contribution in [1.29, 1.82) is 0 Å². The summed E-state index contributed by atoms with van der Waals surface area (Å²) >= 11 is 0. The van der Waals surface area contributed by atoms with E-state index in [0.29, 0.717) is 13.1 Å². The summed E-state index contributed by atoms with van der Waals surface area (Å²) in [7, 11) is -3.37. The fourth-order valence-corrected chi connectivity index (χ4v) is 2.20. The van der Waals surface area contributed by atoms with Gasteiger partial charge in [0.15, 0.2) is 0 Å². The minimum absolute atomic E-state index is 0.142. The Balaban J connectivity index is 2.69. The Labute approximate surface area is 90.5 Å².